The number of hydrogen-bond donors (Lipinski definition) is 4. The monoisotopic (exact) mass is 769 g/mol. The molecular weight excluding hydrogens is 722 g/mol. The normalized spacial score (nSPS) is 31.3. The molecule has 2 aliphatic carbocycles. The largest absolute Gasteiger partial charge is 0.477 e. The van der Waals surface area contributed by atoms with E-state index in [1.807, 2.05) is 44.2 Å². The molecule has 3 aliphatic heterocycles. The van der Waals surface area contributed by atoms with Crippen molar-refractivity contribution in [1.82, 2.24) is 25.2 Å². The number of benzene rings is 1. The molecule has 1 saturated heterocycles. The summed E-state index contributed by atoms with van der Waals surface area (Å²) >= 11 is 0. The molecule has 2 aromatic rings. The number of halogens is 1. The standard InChI is InChI=1S/C38H48FN5O9S/c1-3-23-17-22(2)9-4-5-10-24-19-38(24,35(47)43-54(50,51)37(21-39)14-15-37)42-31(45)29-18-25(20-44(29)34(46)30(23)40-36(48)49)53-33-28-12-7-6-11-26(28)27-13-8-16-52-32(27)41-33/h5-7,10-12,22-25,29-30,40H,3-4,8-9,13-21H2,1-2H3,(H,42,45)(H,43,47)(H,48,49)/b10-5-/t22-,23+,24+,25+,29-,30-,38+/m0/s1. The van der Waals surface area contributed by atoms with E-state index >= 15 is 0 Å². The maximum atomic E-state index is 14.6. The number of nitrogens with zero attached hydrogens (tertiary/aromatic N) is 2. The third-order valence-corrected chi connectivity index (χ3v) is 14.0. The van der Waals surface area contributed by atoms with Gasteiger partial charge in [0.15, 0.2) is 0 Å². The minimum absolute atomic E-state index is 0.0278. The van der Waals surface area contributed by atoms with Gasteiger partial charge in [0.25, 0.3) is 5.91 Å². The molecule has 0 bridgehead atoms. The Balaban J connectivity index is 1.24. The molecule has 3 fully saturated rings. The van der Waals surface area contributed by atoms with Crippen LogP contribution in [-0.4, -0.2) is 95.5 Å². The number of aryl methyl sites for hydroxylation is 1. The lowest BCUT2D eigenvalue weighted by atomic mass is 9.85. The van der Waals surface area contributed by atoms with Crippen molar-refractivity contribution in [3.05, 3.63) is 42.0 Å². The Morgan fingerprint density at radius 3 is 2.65 bits per heavy atom. The number of allylic oxidation sites excluding steroid dienone is 1. The summed E-state index contributed by atoms with van der Waals surface area (Å²) in [5.41, 5.74) is -0.692. The van der Waals surface area contributed by atoms with Crippen molar-refractivity contribution >= 4 is 44.6 Å². The van der Waals surface area contributed by atoms with Gasteiger partial charge < -0.3 is 30.1 Å². The summed E-state index contributed by atoms with van der Waals surface area (Å²) < 4.78 is 52.9. The SMILES string of the molecule is CC[C@@H]1C[C@@H](C)CC/C=C\[C@@H]2C[C@@]2(C(=O)NS(=O)(=O)C2(CF)CC2)NC(=O)[C@@H]2C[C@@H](Oc3nc4c(c5ccccc35)CCCO4)CN2C(=O)[C@H]1NC(=O)O. The van der Waals surface area contributed by atoms with Crippen LogP contribution in [0, 0.1) is 17.8 Å². The molecule has 7 rings (SSSR count). The zero-order valence-corrected chi connectivity index (χ0v) is 31.3. The first-order valence-electron chi connectivity index (χ1n) is 18.9. The highest BCUT2D eigenvalue weighted by molar-refractivity contribution is 7.91. The Morgan fingerprint density at radius 2 is 1.94 bits per heavy atom. The Kier molecular flexibility index (Phi) is 10.3. The van der Waals surface area contributed by atoms with Gasteiger partial charge in [-0.2, -0.15) is 4.98 Å². The highest BCUT2D eigenvalue weighted by Crippen LogP contribution is 2.48. The van der Waals surface area contributed by atoms with Gasteiger partial charge in [-0.3, -0.25) is 19.1 Å². The van der Waals surface area contributed by atoms with Crippen LogP contribution < -0.4 is 24.8 Å². The van der Waals surface area contributed by atoms with E-state index in [1.54, 1.807) is 6.08 Å². The first-order chi connectivity index (χ1) is 25.8. The Morgan fingerprint density at radius 1 is 1.19 bits per heavy atom. The van der Waals surface area contributed by atoms with Gasteiger partial charge in [-0.1, -0.05) is 50.6 Å². The first kappa shape index (κ1) is 37.8. The number of alkyl halides is 1. The Bertz CT molecular complexity index is 1970. The summed E-state index contributed by atoms with van der Waals surface area (Å²) in [4.78, 5) is 61.0. The van der Waals surface area contributed by atoms with Crippen LogP contribution in [0.3, 0.4) is 0 Å². The number of amides is 4. The number of nitrogens with one attached hydrogen (secondary N) is 3. The summed E-state index contributed by atoms with van der Waals surface area (Å²) in [6, 6.07) is 5.23. The number of rotatable bonds is 8. The molecule has 292 valence electrons. The molecule has 14 nitrogen and oxygen atoms in total. The number of carbonyl (C=O) groups is 4. The predicted octanol–water partition coefficient (Wildman–Crippen LogP) is 3.77. The van der Waals surface area contributed by atoms with Crippen molar-refractivity contribution in [2.75, 3.05) is 19.8 Å². The molecule has 4 N–H and O–H groups in total. The quantitative estimate of drug-likeness (QED) is 0.288. The third kappa shape index (κ3) is 7.08. The lowest BCUT2D eigenvalue weighted by Gasteiger charge is -2.33. The van der Waals surface area contributed by atoms with Crippen LogP contribution in [-0.2, 0) is 30.8 Å². The number of ether oxygens (including phenoxy) is 2. The maximum Gasteiger partial charge on any atom is 0.405 e. The van der Waals surface area contributed by atoms with Crippen molar-refractivity contribution in [3.8, 4) is 11.8 Å². The lowest BCUT2D eigenvalue weighted by Crippen LogP contribution is -2.59. The molecule has 0 unspecified atom stereocenters. The van der Waals surface area contributed by atoms with Gasteiger partial charge in [0.05, 0.1) is 13.2 Å². The van der Waals surface area contributed by atoms with Crippen molar-refractivity contribution in [2.45, 2.75) is 107 Å². The molecule has 0 spiro atoms. The molecule has 16 heteroatoms. The van der Waals surface area contributed by atoms with Gasteiger partial charge in [0.1, 0.15) is 35.1 Å². The molecule has 1 aromatic heterocycles. The fourth-order valence-corrected chi connectivity index (χ4v) is 9.82. The molecule has 5 aliphatic rings. The fraction of sp³-hybridized carbons (Fsp3) is 0.605. The van der Waals surface area contributed by atoms with Crippen LogP contribution >= 0.6 is 0 Å². The topological polar surface area (TPSA) is 193 Å². The molecular formula is C38H48FN5O9S. The van der Waals surface area contributed by atoms with E-state index in [0.717, 1.165) is 29.2 Å². The molecule has 1 aromatic carbocycles. The average molecular weight is 770 g/mol. The Labute approximate surface area is 313 Å². The number of hydrogen-bond acceptors (Lipinski definition) is 9. The smallest absolute Gasteiger partial charge is 0.405 e. The second-order valence-corrected chi connectivity index (χ2v) is 17.7. The molecule has 2 saturated carbocycles. The van der Waals surface area contributed by atoms with E-state index < -0.39 is 74.9 Å². The third-order valence-electron chi connectivity index (χ3n) is 11.9. The van der Waals surface area contributed by atoms with Crippen LogP contribution in [0.4, 0.5) is 9.18 Å². The summed E-state index contributed by atoms with van der Waals surface area (Å²) in [6.45, 7) is 3.19. The number of carboxylic acid groups (broad SMARTS) is 1. The van der Waals surface area contributed by atoms with Gasteiger partial charge in [-0.05, 0) is 74.7 Å². The van der Waals surface area contributed by atoms with Crippen LogP contribution in [0.2, 0.25) is 0 Å². The van der Waals surface area contributed by atoms with Gasteiger partial charge in [0, 0.05) is 23.3 Å². The van der Waals surface area contributed by atoms with Crippen LogP contribution in [0.5, 0.6) is 11.8 Å². The molecule has 54 heavy (non-hydrogen) atoms. The summed E-state index contributed by atoms with van der Waals surface area (Å²) in [6.07, 6.45) is 5.76. The highest BCUT2D eigenvalue weighted by Gasteiger charge is 2.64. The number of sulfonamides is 1. The molecule has 7 atom stereocenters. The summed E-state index contributed by atoms with van der Waals surface area (Å²) in [5, 5.41) is 16.8. The van der Waals surface area contributed by atoms with Crippen LogP contribution in [0.25, 0.3) is 10.8 Å². The summed E-state index contributed by atoms with van der Waals surface area (Å²) in [5.74, 6) is -2.40. The second-order valence-electron chi connectivity index (χ2n) is 15.6. The minimum Gasteiger partial charge on any atom is -0.477 e. The van der Waals surface area contributed by atoms with Crippen molar-refractivity contribution < 1.29 is 46.6 Å². The van der Waals surface area contributed by atoms with E-state index in [0.29, 0.717) is 38.2 Å². The zero-order valence-electron chi connectivity index (χ0n) is 30.5. The fourth-order valence-electron chi connectivity index (χ4n) is 8.40. The van der Waals surface area contributed by atoms with Gasteiger partial charge >= 0.3 is 6.09 Å². The predicted molar refractivity (Wildman–Crippen MR) is 195 cm³/mol. The van der Waals surface area contributed by atoms with Crippen molar-refractivity contribution in [1.29, 1.82) is 0 Å². The first-order valence-corrected chi connectivity index (χ1v) is 20.4. The highest BCUT2D eigenvalue weighted by atomic mass is 32.2. The summed E-state index contributed by atoms with van der Waals surface area (Å²) in [7, 11) is -4.39. The average Bonchev–Trinajstić information content (AvgIpc) is 4.06. The number of fused-ring (bicyclic) bond motifs is 5. The van der Waals surface area contributed by atoms with Crippen LogP contribution in [0.1, 0.15) is 77.2 Å². The van der Waals surface area contributed by atoms with Crippen molar-refractivity contribution in [2.24, 2.45) is 17.8 Å². The van der Waals surface area contributed by atoms with E-state index in [4.69, 9.17) is 14.5 Å². The maximum absolute atomic E-state index is 14.6. The Hall–Kier alpha value is -4.47. The zero-order chi connectivity index (χ0) is 38.4. The second kappa shape index (κ2) is 14.6. The van der Waals surface area contributed by atoms with E-state index in [2.05, 4.69) is 15.4 Å². The van der Waals surface area contributed by atoms with E-state index in [9.17, 15) is 37.1 Å². The molecule has 4 heterocycles. The number of pyridine rings is 1. The number of carbonyl (C=O) groups excluding carboxylic acids is 3. The van der Waals surface area contributed by atoms with E-state index in [-0.39, 0.29) is 49.9 Å². The van der Waals surface area contributed by atoms with Gasteiger partial charge in [0.2, 0.25) is 33.6 Å². The number of aromatic nitrogens is 1. The minimum atomic E-state index is -4.39. The lowest BCUT2D eigenvalue weighted by molar-refractivity contribution is -0.142. The molecule has 4 amide bonds. The van der Waals surface area contributed by atoms with Crippen LogP contribution in [0.15, 0.2) is 36.4 Å². The van der Waals surface area contributed by atoms with Gasteiger partial charge in [-0.25, -0.2) is 17.6 Å². The van der Waals surface area contributed by atoms with Gasteiger partial charge in [-0.15, -0.1) is 0 Å². The van der Waals surface area contributed by atoms with Crippen molar-refractivity contribution in [3.63, 3.8) is 0 Å². The van der Waals surface area contributed by atoms with E-state index in [1.165, 1.54) is 4.90 Å². The molecule has 0 radical (unpaired) electrons.